The average Bonchev–Trinajstić information content (AvgIpc) is 3.15. The Bertz CT molecular complexity index is 948. The van der Waals surface area contributed by atoms with Crippen LogP contribution >= 0.6 is 27.3 Å². The smallest absolute Gasteiger partial charge is 0.240 e. The van der Waals surface area contributed by atoms with E-state index in [0.717, 1.165) is 27.1 Å². The van der Waals surface area contributed by atoms with E-state index in [1.54, 1.807) is 0 Å². The zero-order valence-corrected chi connectivity index (χ0v) is 18.2. The Morgan fingerprint density at radius 3 is 2.63 bits per heavy atom. The molecule has 0 aliphatic rings. The molecule has 0 atom stereocenters. The molecule has 1 aromatic carbocycles. The van der Waals surface area contributed by atoms with Crippen molar-refractivity contribution in [2.45, 2.75) is 20.4 Å². The van der Waals surface area contributed by atoms with Gasteiger partial charge in [-0.25, -0.2) is 4.98 Å². The summed E-state index contributed by atoms with van der Waals surface area (Å²) in [5.74, 6) is -0.0756. The van der Waals surface area contributed by atoms with E-state index in [0.29, 0.717) is 18.2 Å². The van der Waals surface area contributed by atoms with E-state index in [2.05, 4.69) is 31.3 Å². The topological polar surface area (TPSA) is 63.1 Å². The van der Waals surface area contributed by atoms with Crippen LogP contribution in [0.15, 0.2) is 34.1 Å². The maximum Gasteiger partial charge on any atom is 0.240 e. The lowest BCUT2D eigenvalue weighted by atomic mass is 10.2. The summed E-state index contributed by atoms with van der Waals surface area (Å²) in [4.78, 5) is 18.9. The third-order valence-electron chi connectivity index (χ3n) is 4.39. The maximum atomic E-state index is 12.4. The molecule has 27 heavy (non-hydrogen) atoms. The number of hydrogen-bond acceptors (Lipinski definition) is 5. The van der Waals surface area contributed by atoms with Gasteiger partial charge in [-0.2, -0.15) is 5.10 Å². The van der Waals surface area contributed by atoms with Gasteiger partial charge in [0.1, 0.15) is 0 Å². The number of carbonyl (C=O) groups excluding carboxylic acids is 1. The number of aromatic nitrogens is 3. The van der Waals surface area contributed by atoms with E-state index in [-0.39, 0.29) is 5.91 Å². The first-order valence-electron chi connectivity index (χ1n) is 8.52. The molecule has 6 nitrogen and oxygen atoms in total. The van der Waals surface area contributed by atoms with Crippen molar-refractivity contribution in [1.82, 2.24) is 19.7 Å². The van der Waals surface area contributed by atoms with Gasteiger partial charge in [0.15, 0.2) is 5.13 Å². The van der Waals surface area contributed by atoms with Gasteiger partial charge in [-0.05, 0) is 33.0 Å². The molecule has 0 unspecified atom stereocenters. The van der Waals surface area contributed by atoms with Gasteiger partial charge >= 0.3 is 0 Å². The number of amides is 1. The van der Waals surface area contributed by atoms with Crippen LogP contribution < -0.4 is 5.32 Å². The predicted molar refractivity (Wildman–Crippen MR) is 113 cm³/mol. The zero-order chi connectivity index (χ0) is 19.6. The van der Waals surface area contributed by atoms with Crippen LogP contribution in [0.3, 0.4) is 0 Å². The Morgan fingerprint density at radius 2 is 2.00 bits per heavy atom. The highest BCUT2D eigenvalue weighted by Gasteiger charge is 2.15. The van der Waals surface area contributed by atoms with Crippen LogP contribution in [0.5, 0.6) is 0 Å². The SMILES string of the molecule is Cc1nn(C)c(C)c1CN(C)CC(=O)Nc1nc(-c2ccc(Br)cc2)cs1. The quantitative estimate of drug-likeness (QED) is 0.620. The number of hydrogen-bond donors (Lipinski definition) is 1. The van der Waals surface area contributed by atoms with Crippen molar-refractivity contribution in [1.29, 1.82) is 0 Å². The molecule has 0 saturated heterocycles. The molecule has 0 aliphatic heterocycles. The molecule has 1 amide bonds. The highest BCUT2D eigenvalue weighted by atomic mass is 79.9. The van der Waals surface area contributed by atoms with Crippen LogP contribution in [0.4, 0.5) is 5.13 Å². The zero-order valence-electron chi connectivity index (χ0n) is 15.8. The molecule has 0 bridgehead atoms. The van der Waals surface area contributed by atoms with Crippen molar-refractivity contribution < 1.29 is 4.79 Å². The number of likely N-dealkylation sites (N-methyl/N-ethyl adjacent to an activating group) is 1. The van der Waals surface area contributed by atoms with E-state index >= 15 is 0 Å². The molecule has 8 heteroatoms. The van der Waals surface area contributed by atoms with Crippen molar-refractivity contribution in [2.24, 2.45) is 7.05 Å². The molecule has 2 aromatic heterocycles. The van der Waals surface area contributed by atoms with Gasteiger partial charge in [0, 0.05) is 40.3 Å². The number of thiazole rings is 1. The number of rotatable bonds is 6. The lowest BCUT2D eigenvalue weighted by Crippen LogP contribution is -2.30. The third-order valence-corrected chi connectivity index (χ3v) is 5.68. The molecule has 0 spiro atoms. The molecular weight excluding hydrogens is 426 g/mol. The van der Waals surface area contributed by atoms with Crippen LogP contribution in [-0.4, -0.2) is 39.2 Å². The second kappa shape index (κ2) is 8.33. The number of nitrogens with one attached hydrogen (secondary N) is 1. The molecule has 0 radical (unpaired) electrons. The second-order valence-electron chi connectivity index (χ2n) is 6.54. The molecule has 1 N–H and O–H groups in total. The van der Waals surface area contributed by atoms with Crippen molar-refractivity contribution in [2.75, 3.05) is 18.9 Å². The Labute approximate surface area is 171 Å². The standard InChI is InChI=1S/C19H22BrN5OS/c1-12-16(13(2)25(4)23-12)9-24(3)10-18(26)22-19-21-17(11-27-19)14-5-7-15(20)8-6-14/h5-8,11H,9-10H2,1-4H3,(H,21,22,26). The summed E-state index contributed by atoms with van der Waals surface area (Å²) in [6.07, 6.45) is 0. The minimum atomic E-state index is -0.0756. The molecule has 142 valence electrons. The van der Waals surface area contributed by atoms with Crippen LogP contribution in [0, 0.1) is 13.8 Å². The number of anilines is 1. The molecule has 3 aromatic rings. The maximum absolute atomic E-state index is 12.4. The van der Waals surface area contributed by atoms with E-state index < -0.39 is 0 Å². The average molecular weight is 448 g/mol. The second-order valence-corrected chi connectivity index (χ2v) is 8.31. The molecular formula is C19H22BrN5OS. The van der Waals surface area contributed by atoms with Crippen molar-refractivity contribution in [3.8, 4) is 11.3 Å². The molecule has 3 rings (SSSR count). The van der Waals surface area contributed by atoms with Crippen LogP contribution in [0.1, 0.15) is 17.0 Å². The Kier molecular flexibility index (Phi) is 6.08. The summed E-state index contributed by atoms with van der Waals surface area (Å²) in [5, 5.41) is 9.88. The first kappa shape index (κ1) is 19.7. The first-order chi connectivity index (χ1) is 12.8. The summed E-state index contributed by atoms with van der Waals surface area (Å²) < 4.78 is 2.90. The summed E-state index contributed by atoms with van der Waals surface area (Å²) in [5.41, 5.74) is 5.17. The van der Waals surface area contributed by atoms with Crippen molar-refractivity contribution >= 4 is 38.3 Å². The summed E-state index contributed by atoms with van der Waals surface area (Å²) in [7, 11) is 3.87. The summed E-state index contributed by atoms with van der Waals surface area (Å²) in [6, 6.07) is 7.95. The predicted octanol–water partition coefficient (Wildman–Crippen LogP) is 3.99. The summed E-state index contributed by atoms with van der Waals surface area (Å²) in [6.45, 7) is 5.01. The highest BCUT2D eigenvalue weighted by molar-refractivity contribution is 9.10. The Morgan fingerprint density at radius 1 is 1.30 bits per heavy atom. The Hall–Kier alpha value is -2.03. The first-order valence-corrected chi connectivity index (χ1v) is 10.2. The number of aryl methyl sites for hydroxylation is 2. The van der Waals surface area contributed by atoms with Crippen LogP contribution in [0.2, 0.25) is 0 Å². The van der Waals surface area contributed by atoms with Crippen molar-refractivity contribution in [3.63, 3.8) is 0 Å². The Balaban J connectivity index is 1.58. The minimum Gasteiger partial charge on any atom is -0.301 e. The summed E-state index contributed by atoms with van der Waals surface area (Å²) >= 11 is 4.86. The lowest BCUT2D eigenvalue weighted by Gasteiger charge is -2.16. The van der Waals surface area contributed by atoms with Gasteiger partial charge in [0.05, 0.1) is 17.9 Å². The van der Waals surface area contributed by atoms with Gasteiger partial charge in [-0.3, -0.25) is 14.4 Å². The van der Waals surface area contributed by atoms with E-state index in [1.807, 2.05) is 67.2 Å². The molecule has 0 saturated carbocycles. The van der Waals surface area contributed by atoms with E-state index in [1.165, 1.54) is 16.9 Å². The largest absolute Gasteiger partial charge is 0.301 e. The van der Waals surface area contributed by atoms with Gasteiger partial charge in [-0.1, -0.05) is 28.1 Å². The molecule has 0 fully saturated rings. The molecule has 0 aliphatic carbocycles. The van der Waals surface area contributed by atoms with Gasteiger partial charge in [0.2, 0.25) is 5.91 Å². The van der Waals surface area contributed by atoms with Gasteiger partial charge < -0.3 is 5.32 Å². The number of carbonyl (C=O) groups is 1. The number of nitrogens with zero attached hydrogens (tertiary/aromatic N) is 4. The monoisotopic (exact) mass is 447 g/mol. The van der Waals surface area contributed by atoms with Gasteiger partial charge in [-0.15, -0.1) is 11.3 Å². The van der Waals surface area contributed by atoms with Crippen molar-refractivity contribution in [3.05, 3.63) is 51.1 Å². The highest BCUT2D eigenvalue weighted by Crippen LogP contribution is 2.26. The fourth-order valence-electron chi connectivity index (χ4n) is 2.86. The van der Waals surface area contributed by atoms with E-state index in [9.17, 15) is 4.79 Å². The lowest BCUT2D eigenvalue weighted by molar-refractivity contribution is -0.117. The van der Waals surface area contributed by atoms with Gasteiger partial charge in [0.25, 0.3) is 0 Å². The minimum absolute atomic E-state index is 0.0756. The van der Waals surface area contributed by atoms with Crippen LogP contribution in [-0.2, 0) is 18.4 Å². The van der Waals surface area contributed by atoms with Crippen LogP contribution in [0.25, 0.3) is 11.3 Å². The number of halogens is 1. The fraction of sp³-hybridized carbons (Fsp3) is 0.316. The molecule has 2 heterocycles. The third kappa shape index (κ3) is 4.82. The fourth-order valence-corrected chi connectivity index (χ4v) is 3.86. The normalized spacial score (nSPS) is 11.2. The number of benzene rings is 1. The van der Waals surface area contributed by atoms with E-state index in [4.69, 9.17) is 0 Å².